The van der Waals surface area contributed by atoms with Gasteiger partial charge in [0.25, 0.3) is 0 Å². The smallest absolute Gasteiger partial charge is 0.238 e. The predicted octanol–water partition coefficient (Wildman–Crippen LogP) is 4.14. The highest BCUT2D eigenvalue weighted by Crippen LogP contribution is 2.36. The molecule has 1 aliphatic carbocycles. The highest BCUT2D eigenvalue weighted by Gasteiger charge is 2.30. The number of rotatable bonds is 6. The first-order valence-corrected chi connectivity index (χ1v) is 10.1. The number of aromatic nitrogens is 3. The molecule has 0 spiro atoms. The number of halogens is 1. The standard InChI is InChI=1S/C21H21FN4OS/c1-13-3-4-14(2)18(11-13)26-12-23-25-21(26)28-19(20(27)24-17-9-10-17)15-5-7-16(22)8-6-15/h3-8,11-12,17,19H,9-10H2,1-2H3,(H,24,27). The van der Waals surface area contributed by atoms with Crippen molar-refractivity contribution in [3.8, 4) is 5.69 Å². The van der Waals surface area contributed by atoms with Crippen molar-refractivity contribution >= 4 is 17.7 Å². The zero-order valence-corrected chi connectivity index (χ0v) is 16.5. The first kappa shape index (κ1) is 18.7. The van der Waals surface area contributed by atoms with Crippen molar-refractivity contribution in [1.82, 2.24) is 20.1 Å². The fourth-order valence-corrected chi connectivity index (χ4v) is 4.00. The monoisotopic (exact) mass is 396 g/mol. The molecule has 5 nitrogen and oxygen atoms in total. The third-order valence-corrected chi connectivity index (χ3v) is 5.91. The summed E-state index contributed by atoms with van der Waals surface area (Å²) in [5, 5.41) is 11.4. The van der Waals surface area contributed by atoms with E-state index in [1.807, 2.05) is 18.4 Å². The van der Waals surface area contributed by atoms with E-state index in [0.29, 0.717) is 5.16 Å². The molecule has 1 fully saturated rings. The number of carbonyl (C=O) groups is 1. The number of hydrogen-bond donors (Lipinski definition) is 1. The molecule has 144 valence electrons. The van der Waals surface area contributed by atoms with Gasteiger partial charge in [0.2, 0.25) is 5.91 Å². The average Bonchev–Trinajstić information content (AvgIpc) is 3.37. The second-order valence-electron chi connectivity index (χ2n) is 7.11. The van der Waals surface area contributed by atoms with Crippen LogP contribution in [0.1, 0.15) is 34.8 Å². The first-order valence-electron chi connectivity index (χ1n) is 9.21. The van der Waals surface area contributed by atoms with Gasteiger partial charge in [-0.1, -0.05) is 36.0 Å². The Hall–Kier alpha value is -2.67. The Bertz CT molecular complexity index is 998. The summed E-state index contributed by atoms with van der Waals surface area (Å²) in [4.78, 5) is 12.9. The molecule has 4 rings (SSSR count). The van der Waals surface area contributed by atoms with E-state index < -0.39 is 5.25 Å². The van der Waals surface area contributed by atoms with Gasteiger partial charge >= 0.3 is 0 Å². The number of benzene rings is 2. The maximum atomic E-state index is 13.4. The van der Waals surface area contributed by atoms with Crippen molar-refractivity contribution in [3.05, 3.63) is 71.3 Å². The summed E-state index contributed by atoms with van der Waals surface area (Å²) in [6.45, 7) is 4.06. The summed E-state index contributed by atoms with van der Waals surface area (Å²) >= 11 is 1.32. The molecule has 1 aliphatic rings. The molecule has 2 aromatic carbocycles. The Morgan fingerprint density at radius 3 is 2.68 bits per heavy atom. The van der Waals surface area contributed by atoms with Gasteiger partial charge in [-0.3, -0.25) is 9.36 Å². The maximum Gasteiger partial charge on any atom is 0.238 e. The Labute approximate surface area is 167 Å². The fraction of sp³-hybridized carbons (Fsp3) is 0.286. The molecule has 3 aromatic rings. The third kappa shape index (κ3) is 4.09. The summed E-state index contributed by atoms with van der Waals surface area (Å²) in [5.41, 5.74) is 3.94. The number of nitrogens with zero attached hydrogens (tertiary/aromatic N) is 3. The Kier molecular flexibility index (Phi) is 5.17. The van der Waals surface area contributed by atoms with Crippen LogP contribution in [0.2, 0.25) is 0 Å². The quantitative estimate of drug-likeness (QED) is 0.637. The molecule has 0 saturated heterocycles. The van der Waals surface area contributed by atoms with Crippen LogP contribution in [-0.4, -0.2) is 26.7 Å². The van der Waals surface area contributed by atoms with Crippen molar-refractivity contribution in [2.75, 3.05) is 0 Å². The predicted molar refractivity (Wildman–Crippen MR) is 107 cm³/mol. The van der Waals surface area contributed by atoms with E-state index in [0.717, 1.165) is 35.2 Å². The Morgan fingerprint density at radius 2 is 1.96 bits per heavy atom. The molecule has 1 amide bonds. The molecule has 1 unspecified atom stereocenters. The van der Waals surface area contributed by atoms with Crippen LogP contribution in [0, 0.1) is 19.7 Å². The van der Waals surface area contributed by atoms with Crippen LogP contribution in [-0.2, 0) is 4.79 Å². The van der Waals surface area contributed by atoms with Crippen LogP contribution >= 0.6 is 11.8 Å². The molecule has 1 saturated carbocycles. The van der Waals surface area contributed by atoms with Gasteiger partial charge in [0.15, 0.2) is 5.16 Å². The van der Waals surface area contributed by atoms with Gasteiger partial charge in [0.05, 0.1) is 5.69 Å². The zero-order chi connectivity index (χ0) is 19.7. The summed E-state index contributed by atoms with van der Waals surface area (Å²) < 4.78 is 15.3. The molecular weight excluding hydrogens is 375 g/mol. The molecule has 1 aromatic heterocycles. The lowest BCUT2D eigenvalue weighted by atomic mass is 10.1. The van der Waals surface area contributed by atoms with Crippen LogP contribution in [0.3, 0.4) is 0 Å². The summed E-state index contributed by atoms with van der Waals surface area (Å²) in [6, 6.07) is 12.5. The highest BCUT2D eigenvalue weighted by atomic mass is 32.2. The number of hydrogen-bond acceptors (Lipinski definition) is 4. The van der Waals surface area contributed by atoms with Crippen molar-refractivity contribution in [1.29, 1.82) is 0 Å². The van der Waals surface area contributed by atoms with Gasteiger partial charge in [-0.05, 0) is 61.6 Å². The lowest BCUT2D eigenvalue weighted by Crippen LogP contribution is -2.30. The molecule has 1 N–H and O–H groups in total. The average molecular weight is 396 g/mol. The van der Waals surface area contributed by atoms with Gasteiger partial charge in [-0.25, -0.2) is 4.39 Å². The van der Waals surface area contributed by atoms with Gasteiger partial charge in [-0.15, -0.1) is 10.2 Å². The van der Waals surface area contributed by atoms with Crippen LogP contribution in [0.25, 0.3) is 5.69 Å². The summed E-state index contributed by atoms with van der Waals surface area (Å²) in [5.74, 6) is -0.414. The van der Waals surface area contributed by atoms with E-state index in [9.17, 15) is 9.18 Å². The Balaban J connectivity index is 1.67. The SMILES string of the molecule is Cc1ccc(C)c(-n2cnnc2SC(C(=O)NC2CC2)c2ccc(F)cc2)c1. The number of amides is 1. The second kappa shape index (κ2) is 7.75. The molecule has 0 radical (unpaired) electrons. The van der Waals surface area contributed by atoms with Gasteiger partial charge < -0.3 is 5.32 Å². The number of thioether (sulfide) groups is 1. The molecule has 7 heteroatoms. The van der Waals surface area contributed by atoms with E-state index in [-0.39, 0.29) is 17.8 Å². The van der Waals surface area contributed by atoms with E-state index in [1.54, 1.807) is 18.5 Å². The van der Waals surface area contributed by atoms with Crippen LogP contribution in [0.4, 0.5) is 4.39 Å². The lowest BCUT2D eigenvalue weighted by molar-refractivity contribution is -0.120. The number of carbonyl (C=O) groups excluding carboxylic acids is 1. The molecule has 28 heavy (non-hydrogen) atoms. The third-order valence-electron chi connectivity index (χ3n) is 4.70. The van der Waals surface area contributed by atoms with E-state index >= 15 is 0 Å². The fourth-order valence-electron chi connectivity index (χ4n) is 2.97. The minimum absolute atomic E-state index is 0.0883. The molecule has 0 aliphatic heterocycles. The van der Waals surface area contributed by atoms with Crippen molar-refractivity contribution in [2.45, 2.75) is 43.1 Å². The van der Waals surface area contributed by atoms with Crippen molar-refractivity contribution < 1.29 is 9.18 Å². The van der Waals surface area contributed by atoms with Gasteiger partial charge in [-0.2, -0.15) is 0 Å². The van der Waals surface area contributed by atoms with Crippen molar-refractivity contribution in [3.63, 3.8) is 0 Å². The minimum Gasteiger partial charge on any atom is -0.352 e. The normalized spacial score (nSPS) is 14.7. The summed E-state index contributed by atoms with van der Waals surface area (Å²) in [6.07, 6.45) is 3.67. The first-order chi connectivity index (χ1) is 13.5. The van der Waals surface area contributed by atoms with Gasteiger partial charge in [0.1, 0.15) is 17.4 Å². The van der Waals surface area contributed by atoms with Crippen LogP contribution in [0.15, 0.2) is 53.9 Å². The highest BCUT2D eigenvalue weighted by molar-refractivity contribution is 8.00. The van der Waals surface area contributed by atoms with Crippen molar-refractivity contribution in [2.24, 2.45) is 0 Å². The van der Waals surface area contributed by atoms with Gasteiger partial charge in [0, 0.05) is 6.04 Å². The second-order valence-corrected chi connectivity index (χ2v) is 8.18. The summed E-state index contributed by atoms with van der Waals surface area (Å²) in [7, 11) is 0. The largest absolute Gasteiger partial charge is 0.352 e. The molecule has 1 atom stereocenters. The number of nitrogens with one attached hydrogen (secondary N) is 1. The zero-order valence-electron chi connectivity index (χ0n) is 15.7. The van der Waals surface area contributed by atoms with Crippen LogP contribution in [0.5, 0.6) is 0 Å². The molecular formula is C21H21FN4OS. The van der Waals surface area contributed by atoms with E-state index in [4.69, 9.17) is 0 Å². The van der Waals surface area contributed by atoms with Crippen LogP contribution < -0.4 is 5.32 Å². The van der Waals surface area contributed by atoms with E-state index in [1.165, 1.54) is 23.9 Å². The number of aryl methyl sites for hydroxylation is 2. The maximum absolute atomic E-state index is 13.4. The lowest BCUT2D eigenvalue weighted by Gasteiger charge is -2.17. The topological polar surface area (TPSA) is 59.8 Å². The minimum atomic E-state index is -0.533. The Morgan fingerprint density at radius 1 is 1.21 bits per heavy atom. The van der Waals surface area contributed by atoms with E-state index in [2.05, 4.69) is 33.7 Å². The molecule has 1 heterocycles. The molecule has 0 bridgehead atoms.